The molecule has 3 heterocycles. The molecule has 0 fully saturated rings. The summed E-state index contributed by atoms with van der Waals surface area (Å²) < 4.78 is 40.5. The number of furan rings is 1. The summed E-state index contributed by atoms with van der Waals surface area (Å²) in [6, 6.07) is 9.84. The molecule has 4 rings (SSSR count). The van der Waals surface area contributed by atoms with Crippen LogP contribution in [0, 0.1) is 13.8 Å². The van der Waals surface area contributed by atoms with Gasteiger partial charge in [-0.2, -0.15) is 5.10 Å². The van der Waals surface area contributed by atoms with Gasteiger partial charge in [0.15, 0.2) is 5.76 Å². The summed E-state index contributed by atoms with van der Waals surface area (Å²) in [7, 11) is -3.86. The van der Waals surface area contributed by atoms with Gasteiger partial charge in [-0.3, -0.25) is 0 Å². The summed E-state index contributed by atoms with van der Waals surface area (Å²) >= 11 is 0. The van der Waals surface area contributed by atoms with Crippen molar-refractivity contribution >= 4 is 10.0 Å². The Hall–Kier alpha value is -3.24. The van der Waals surface area contributed by atoms with Crippen LogP contribution in [0.4, 0.5) is 0 Å². The molecule has 0 aliphatic rings. The monoisotopic (exact) mass is 413 g/mol. The minimum atomic E-state index is -3.86. The van der Waals surface area contributed by atoms with Gasteiger partial charge in [0.1, 0.15) is 12.7 Å². The van der Waals surface area contributed by atoms with Crippen molar-refractivity contribution in [1.82, 2.24) is 24.6 Å². The predicted octanol–water partition coefficient (Wildman–Crippen LogP) is 3.17. The van der Waals surface area contributed by atoms with Gasteiger partial charge in [0.2, 0.25) is 10.9 Å². The van der Waals surface area contributed by atoms with E-state index in [9.17, 15) is 8.42 Å². The van der Waals surface area contributed by atoms with E-state index in [4.69, 9.17) is 8.94 Å². The Morgan fingerprint density at radius 3 is 2.48 bits per heavy atom. The molecule has 0 spiro atoms. The highest BCUT2D eigenvalue weighted by Gasteiger charge is 2.24. The molecule has 1 unspecified atom stereocenters. The van der Waals surface area contributed by atoms with Gasteiger partial charge in [0.25, 0.3) is 10.0 Å². The number of aromatic nitrogens is 4. The van der Waals surface area contributed by atoms with Crippen molar-refractivity contribution in [1.29, 1.82) is 0 Å². The Kier molecular flexibility index (Phi) is 4.81. The molecule has 9 nitrogen and oxygen atoms in total. The lowest BCUT2D eigenvalue weighted by Crippen LogP contribution is -2.26. The smallest absolute Gasteiger partial charge is 0.274 e. The first kappa shape index (κ1) is 19.1. The van der Waals surface area contributed by atoms with Crippen LogP contribution >= 0.6 is 0 Å². The minimum Gasteiger partial charge on any atom is -0.440 e. The maximum Gasteiger partial charge on any atom is 0.274 e. The molecule has 1 N–H and O–H groups in total. The highest BCUT2D eigenvalue weighted by molar-refractivity contribution is 7.89. The summed E-state index contributed by atoms with van der Waals surface area (Å²) in [5, 5.41) is 7.74. The quantitative estimate of drug-likeness (QED) is 0.516. The number of benzene rings is 1. The second-order valence-corrected chi connectivity index (χ2v) is 8.26. The Morgan fingerprint density at radius 2 is 1.86 bits per heavy atom. The fourth-order valence-corrected chi connectivity index (χ4v) is 4.01. The summed E-state index contributed by atoms with van der Waals surface area (Å²) in [4.78, 5) is 3.91. The fraction of sp³-hybridized carbons (Fsp3) is 0.211. The molecule has 0 radical (unpaired) electrons. The largest absolute Gasteiger partial charge is 0.440 e. The Balaban J connectivity index is 1.52. The molecule has 4 aromatic rings. The van der Waals surface area contributed by atoms with Crippen LogP contribution in [0.15, 0.2) is 63.1 Å². The highest BCUT2D eigenvalue weighted by atomic mass is 32.2. The summed E-state index contributed by atoms with van der Waals surface area (Å²) in [5.74, 6) is 0.731. The first-order valence-electron chi connectivity index (χ1n) is 8.85. The molecule has 10 heteroatoms. The lowest BCUT2D eigenvalue weighted by atomic mass is 10.1. The number of nitrogens with zero attached hydrogens (tertiary/aromatic N) is 4. The van der Waals surface area contributed by atoms with Crippen LogP contribution in [-0.2, 0) is 10.0 Å². The molecule has 1 atom stereocenters. The van der Waals surface area contributed by atoms with Crippen LogP contribution in [0.1, 0.15) is 29.8 Å². The summed E-state index contributed by atoms with van der Waals surface area (Å²) in [5.41, 5.74) is 3.15. The molecule has 0 aliphatic carbocycles. The zero-order valence-electron chi connectivity index (χ0n) is 16.0. The summed E-state index contributed by atoms with van der Waals surface area (Å²) in [6.45, 7) is 5.40. The number of rotatable bonds is 6. The Bertz CT molecular complexity index is 1220. The molecular formula is C19H19N5O4S. The van der Waals surface area contributed by atoms with Crippen LogP contribution in [0.2, 0.25) is 0 Å². The van der Waals surface area contributed by atoms with Gasteiger partial charge >= 0.3 is 0 Å². The third-order valence-corrected chi connectivity index (χ3v) is 6.05. The molecule has 1 aromatic carbocycles. The maximum atomic E-state index is 12.7. The molecule has 0 amide bonds. The van der Waals surface area contributed by atoms with E-state index in [1.807, 2.05) is 31.2 Å². The second-order valence-electron chi connectivity index (χ2n) is 6.62. The van der Waals surface area contributed by atoms with Crippen molar-refractivity contribution in [2.24, 2.45) is 0 Å². The average Bonchev–Trinajstić information content (AvgIpc) is 3.44. The lowest BCUT2D eigenvalue weighted by molar-refractivity contribution is 0.396. The van der Waals surface area contributed by atoms with E-state index in [-0.39, 0.29) is 5.09 Å². The number of sulfonamides is 1. The van der Waals surface area contributed by atoms with Crippen LogP contribution in [0.25, 0.3) is 17.2 Å². The zero-order chi connectivity index (χ0) is 20.6. The average molecular weight is 413 g/mol. The van der Waals surface area contributed by atoms with Crippen molar-refractivity contribution in [3.05, 3.63) is 65.9 Å². The molecular weight excluding hydrogens is 394 g/mol. The van der Waals surface area contributed by atoms with E-state index in [1.165, 1.54) is 12.4 Å². The van der Waals surface area contributed by atoms with Crippen molar-refractivity contribution in [2.45, 2.75) is 31.9 Å². The third-order valence-electron chi connectivity index (χ3n) is 4.64. The normalized spacial score (nSPS) is 12.9. The molecule has 29 heavy (non-hydrogen) atoms. The molecule has 150 valence electrons. The molecule has 0 bridgehead atoms. The standard InChI is InChI=1S/C19H19N5O4S/c1-12-13(2)22-28-19(12)17-8-9-18(27-17)29(25,26)23-14(3)15-4-6-16(7-5-15)24-11-20-10-21-24/h4-11,14,23H,1-3H3. The topological polar surface area (TPSA) is 116 Å². The third kappa shape index (κ3) is 3.71. The van der Waals surface area contributed by atoms with E-state index in [1.54, 1.807) is 30.9 Å². The van der Waals surface area contributed by atoms with Gasteiger partial charge in [-0.15, -0.1) is 0 Å². The molecule has 0 saturated carbocycles. The van der Waals surface area contributed by atoms with E-state index >= 15 is 0 Å². The Morgan fingerprint density at radius 1 is 1.10 bits per heavy atom. The first-order chi connectivity index (χ1) is 13.8. The van der Waals surface area contributed by atoms with E-state index in [2.05, 4.69) is 20.0 Å². The van der Waals surface area contributed by atoms with Gasteiger partial charge in [-0.1, -0.05) is 17.3 Å². The zero-order valence-corrected chi connectivity index (χ0v) is 16.8. The van der Waals surface area contributed by atoms with Crippen molar-refractivity contribution < 1.29 is 17.4 Å². The van der Waals surface area contributed by atoms with Gasteiger partial charge < -0.3 is 8.94 Å². The number of aryl methyl sites for hydroxylation is 1. The van der Waals surface area contributed by atoms with Crippen LogP contribution < -0.4 is 4.72 Å². The van der Waals surface area contributed by atoms with E-state index in [0.29, 0.717) is 11.5 Å². The lowest BCUT2D eigenvalue weighted by Gasteiger charge is -2.14. The van der Waals surface area contributed by atoms with Crippen LogP contribution in [-0.4, -0.2) is 28.3 Å². The predicted molar refractivity (Wildman–Crippen MR) is 104 cm³/mol. The van der Waals surface area contributed by atoms with E-state index in [0.717, 1.165) is 22.5 Å². The first-order valence-corrected chi connectivity index (χ1v) is 10.3. The number of nitrogens with one attached hydrogen (secondary N) is 1. The van der Waals surface area contributed by atoms with Crippen LogP contribution in [0.5, 0.6) is 0 Å². The van der Waals surface area contributed by atoms with Crippen molar-refractivity contribution in [3.63, 3.8) is 0 Å². The molecule has 0 aliphatic heterocycles. The van der Waals surface area contributed by atoms with Gasteiger partial charge in [-0.25, -0.2) is 22.8 Å². The van der Waals surface area contributed by atoms with Crippen molar-refractivity contribution in [3.8, 4) is 17.2 Å². The van der Waals surface area contributed by atoms with Gasteiger partial charge in [0, 0.05) is 11.6 Å². The SMILES string of the molecule is Cc1noc(-c2ccc(S(=O)(=O)NC(C)c3ccc(-n4cncn4)cc3)o2)c1C. The Labute approximate surface area is 167 Å². The molecule has 3 aromatic heterocycles. The van der Waals surface area contributed by atoms with Gasteiger partial charge in [0.05, 0.1) is 11.4 Å². The maximum absolute atomic E-state index is 12.7. The number of hydrogen-bond acceptors (Lipinski definition) is 7. The van der Waals surface area contributed by atoms with E-state index < -0.39 is 16.1 Å². The number of hydrogen-bond donors (Lipinski definition) is 1. The molecule has 0 saturated heterocycles. The van der Waals surface area contributed by atoms with Gasteiger partial charge in [-0.05, 0) is 50.6 Å². The van der Waals surface area contributed by atoms with Crippen molar-refractivity contribution in [2.75, 3.05) is 0 Å². The second kappa shape index (κ2) is 7.30. The fourth-order valence-electron chi connectivity index (χ4n) is 2.85. The summed E-state index contributed by atoms with van der Waals surface area (Å²) in [6.07, 6.45) is 3.04. The highest BCUT2D eigenvalue weighted by Crippen LogP contribution is 2.29. The van der Waals surface area contributed by atoms with Crippen LogP contribution in [0.3, 0.4) is 0 Å². The minimum absolute atomic E-state index is 0.188.